The Hall–Kier alpha value is -3.41. The molecule has 0 heterocycles. The van der Waals surface area contributed by atoms with E-state index in [0.29, 0.717) is 19.3 Å². The minimum Gasteiger partial charge on any atom is -0.462 e. The second-order valence-corrected chi connectivity index (χ2v) is 21.3. The van der Waals surface area contributed by atoms with Gasteiger partial charge >= 0.3 is 17.9 Å². The summed E-state index contributed by atoms with van der Waals surface area (Å²) < 4.78 is 16.9. The molecule has 0 amide bonds. The molecule has 0 aliphatic heterocycles. The zero-order valence-corrected chi connectivity index (χ0v) is 49.6. The molecule has 1 unspecified atom stereocenters. The number of allylic oxidation sites excluding steroid dienone is 14. The zero-order valence-electron chi connectivity index (χ0n) is 49.6. The first-order valence-corrected chi connectivity index (χ1v) is 32.1. The Bertz CT molecular complexity index is 1430. The molecule has 0 N–H and O–H groups in total. The number of esters is 3. The minimum atomic E-state index is -0.779. The van der Waals surface area contributed by atoms with Gasteiger partial charge in [0.2, 0.25) is 0 Å². The van der Waals surface area contributed by atoms with Gasteiger partial charge in [-0.05, 0) is 89.9 Å². The predicted octanol–water partition coefficient (Wildman–Crippen LogP) is 21.9. The van der Waals surface area contributed by atoms with Crippen molar-refractivity contribution in [2.75, 3.05) is 13.2 Å². The lowest BCUT2D eigenvalue weighted by molar-refractivity contribution is -0.167. The van der Waals surface area contributed by atoms with Crippen LogP contribution in [0, 0.1) is 0 Å². The van der Waals surface area contributed by atoms with Crippen LogP contribution in [0.25, 0.3) is 0 Å². The van der Waals surface area contributed by atoms with Gasteiger partial charge in [0, 0.05) is 19.3 Å². The number of rotatable bonds is 58. The van der Waals surface area contributed by atoms with E-state index in [9.17, 15) is 14.4 Å². The van der Waals surface area contributed by atoms with E-state index in [1.54, 1.807) is 0 Å². The molecule has 6 heteroatoms. The van der Waals surface area contributed by atoms with E-state index in [2.05, 4.69) is 106 Å². The Balaban J connectivity index is 4.08. The largest absolute Gasteiger partial charge is 0.462 e. The van der Waals surface area contributed by atoms with E-state index in [1.807, 2.05) is 0 Å². The fourth-order valence-electron chi connectivity index (χ4n) is 9.10. The van der Waals surface area contributed by atoms with Crippen LogP contribution >= 0.6 is 0 Å². The predicted molar refractivity (Wildman–Crippen MR) is 325 cm³/mol. The van der Waals surface area contributed by atoms with Crippen molar-refractivity contribution in [3.63, 3.8) is 0 Å². The highest BCUT2D eigenvalue weighted by molar-refractivity contribution is 5.71. The van der Waals surface area contributed by atoms with Gasteiger partial charge in [0.05, 0.1) is 0 Å². The van der Waals surface area contributed by atoms with Crippen LogP contribution in [-0.2, 0) is 28.6 Å². The van der Waals surface area contributed by atoms with E-state index in [0.717, 1.165) is 122 Å². The third-order valence-corrected chi connectivity index (χ3v) is 13.9. The number of hydrogen-bond donors (Lipinski definition) is 0. The van der Waals surface area contributed by atoms with Crippen LogP contribution in [0.2, 0.25) is 0 Å². The highest BCUT2D eigenvalue weighted by Gasteiger charge is 2.19. The Labute approximate surface area is 465 Å². The summed E-state index contributed by atoms with van der Waals surface area (Å²) in [6.07, 6.45) is 83.2. The van der Waals surface area contributed by atoms with Crippen molar-refractivity contribution in [1.29, 1.82) is 0 Å². The molecule has 75 heavy (non-hydrogen) atoms. The van der Waals surface area contributed by atoms with Crippen molar-refractivity contribution >= 4 is 17.9 Å². The van der Waals surface area contributed by atoms with Gasteiger partial charge in [0.1, 0.15) is 13.2 Å². The lowest BCUT2D eigenvalue weighted by Gasteiger charge is -2.18. The smallest absolute Gasteiger partial charge is 0.306 e. The Morgan fingerprint density at radius 2 is 0.547 bits per heavy atom. The van der Waals surface area contributed by atoms with Crippen LogP contribution in [0.3, 0.4) is 0 Å². The molecule has 6 nitrogen and oxygen atoms in total. The number of carbonyl (C=O) groups is 3. The summed E-state index contributed by atoms with van der Waals surface area (Å²) in [5.74, 6) is -0.880. The van der Waals surface area contributed by atoms with E-state index in [-0.39, 0.29) is 31.1 Å². The molecule has 0 aliphatic rings. The summed E-state index contributed by atoms with van der Waals surface area (Å²) in [4.78, 5) is 38.1. The topological polar surface area (TPSA) is 78.9 Å². The van der Waals surface area contributed by atoms with Gasteiger partial charge in [0.25, 0.3) is 0 Å². The normalized spacial score (nSPS) is 12.6. The number of hydrogen-bond acceptors (Lipinski definition) is 6. The molecule has 0 radical (unpaired) electrons. The van der Waals surface area contributed by atoms with Crippen molar-refractivity contribution in [2.24, 2.45) is 0 Å². The maximum atomic E-state index is 12.8. The second kappa shape index (κ2) is 63.1. The van der Waals surface area contributed by atoms with Gasteiger partial charge in [-0.3, -0.25) is 14.4 Å². The summed E-state index contributed by atoms with van der Waals surface area (Å²) >= 11 is 0. The Kier molecular flexibility index (Phi) is 60.3. The molecule has 0 aromatic rings. The third-order valence-electron chi connectivity index (χ3n) is 13.9. The van der Waals surface area contributed by atoms with E-state index < -0.39 is 6.10 Å². The summed E-state index contributed by atoms with van der Waals surface area (Å²) in [6, 6.07) is 0. The lowest BCUT2D eigenvalue weighted by Crippen LogP contribution is -2.30. The quantitative estimate of drug-likeness (QED) is 0.0261. The van der Waals surface area contributed by atoms with Gasteiger partial charge in [0.15, 0.2) is 6.10 Å². The van der Waals surface area contributed by atoms with Gasteiger partial charge < -0.3 is 14.2 Å². The molecule has 0 bridgehead atoms. The molecule has 0 aromatic carbocycles. The molecule has 0 aromatic heterocycles. The van der Waals surface area contributed by atoms with E-state index in [1.165, 1.54) is 154 Å². The van der Waals surface area contributed by atoms with Crippen LogP contribution in [-0.4, -0.2) is 37.2 Å². The molecule has 0 saturated heterocycles. The highest BCUT2D eigenvalue weighted by atomic mass is 16.6. The fourth-order valence-corrected chi connectivity index (χ4v) is 9.10. The van der Waals surface area contributed by atoms with Crippen molar-refractivity contribution in [3.8, 4) is 0 Å². The third kappa shape index (κ3) is 61.3. The summed E-state index contributed by atoms with van der Waals surface area (Å²) in [5.41, 5.74) is 0. The molecular formula is C69H120O6. The Morgan fingerprint density at radius 3 is 0.867 bits per heavy atom. The average molecular weight is 1050 g/mol. The monoisotopic (exact) mass is 1040 g/mol. The molecule has 0 spiro atoms. The van der Waals surface area contributed by atoms with Gasteiger partial charge in [-0.25, -0.2) is 0 Å². The number of carbonyl (C=O) groups excluding carboxylic acids is 3. The number of unbranched alkanes of at least 4 members (excludes halogenated alkanes) is 33. The van der Waals surface area contributed by atoms with E-state index in [4.69, 9.17) is 14.2 Å². The Morgan fingerprint density at radius 1 is 0.280 bits per heavy atom. The SMILES string of the molecule is CC/C=C\C/C=C\C/C=C\C/C=C\C/C=C\CCCCCCCCCCCCCCCCCCCC(=O)OCC(COC(=O)CCCCCCCCCCCCC)OC(=O)CCCCCCC/C=C\C/C=C\CCC. The summed E-state index contributed by atoms with van der Waals surface area (Å²) in [7, 11) is 0. The average Bonchev–Trinajstić information content (AvgIpc) is 3.41. The van der Waals surface area contributed by atoms with Crippen LogP contribution in [0.15, 0.2) is 85.1 Å². The minimum absolute atomic E-state index is 0.0773. The molecule has 432 valence electrons. The lowest BCUT2D eigenvalue weighted by atomic mass is 10.0. The first kappa shape index (κ1) is 71.6. The maximum Gasteiger partial charge on any atom is 0.306 e. The van der Waals surface area contributed by atoms with E-state index >= 15 is 0 Å². The molecule has 0 fully saturated rings. The first-order chi connectivity index (χ1) is 37.0. The van der Waals surface area contributed by atoms with Gasteiger partial charge in [-0.2, -0.15) is 0 Å². The fraction of sp³-hybridized carbons (Fsp3) is 0.754. The number of ether oxygens (including phenoxy) is 3. The van der Waals surface area contributed by atoms with Crippen LogP contribution < -0.4 is 0 Å². The van der Waals surface area contributed by atoms with Gasteiger partial charge in [-0.15, -0.1) is 0 Å². The molecule has 0 rings (SSSR count). The van der Waals surface area contributed by atoms with Crippen molar-refractivity contribution in [3.05, 3.63) is 85.1 Å². The van der Waals surface area contributed by atoms with Crippen LogP contribution in [0.5, 0.6) is 0 Å². The first-order valence-electron chi connectivity index (χ1n) is 32.1. The van der Waals surface area contributed by atoms with Crippen LogP contribution in [0.4, 0.5) is 0 Å². The van der Waals surface area contributed by atoms with Crippen molar-refractivity contribution in [1.82, 2.24) is 0 Å². The zero-order chi connectivity index (χ0) is 54.3. The molecule has 1 atom stereocenters. The molecular weight excluding hydrogens is 925 g/mol. The summed E-state index contributed by atoms with van der Waals surface area (Å²) in [5, 5.41) is 0. The second-order valence-electron chi connectivity index (χ2n) is 21.3. The van der Waals surface area contributed by atoms with Crippen molar-refractivity contribution in [2.45, 2.75) is 322 Å². The summed E-state index contributed by atoms with van der Waals surface area (Å²) in [6.45, 7) is 6.47. The van der Waals surface area contributed by atoms with Crippen molar-refractivity contribution < 1.29 is 28.6 Å². The molecule has 0 saturated carbocycles. The molecule has 0 aliphatic carbocycles. The standard InChI is InChI=1S/C69H120O6/c1-4-7-10-13-16-19-22-24-25-26-27-28-29-30-31-32-33-34-35-36-37-38-39-40-41-42-43-45-47-50-53-56-59-62-68(71)74-65-66(64-73-67(70)61-58-55-52-49-46-21-18-15-12-9-6-3)75-69(72)63-60-57-54-51-48-44-23-20-17-14-11-8-5-2/h7,10-11,14,16,19-20,23-25,27-28,30-31,66H,4-6,8-9,12-13,15,17-18,21-22,26,29,32-65H2,1-3H3/b10-7-,14-11-,19-16-,23-20-,25-24-,28-27-,31-30-. The van der Waals surface area contributed by atoms with Crippen LogP contribution in [0.1, 0.15) is 316 Å². The van der Waals surface area contributed by atoms with Gasteiger partial charge in [-0.1, -0.05) is 292 Å². The maximum absolute atomic E-state index is 12.8. The highest BCUT2D eigenvalue weighted by Crippen LogP contribution is 2.17.